The summed E-state index contributed by atoms with van der Waals surface area (Å²) in [6.07, 6.45) is 3.39. The minimum atomic E-state index is -0.169. The topological polar surface area (TPSA) is 41.6 Å². The van der Waals surface area contributed by atoms with E-state index in [1.54, 1.807) is 0 Å². The molecule has 0 spiro atoms. The first-order chi connectivity index (χ1) is 9.83. The number of amides is 1. The third kappa shape index (κ3) is 3.12. The van der Waals surface area contributed by atoms with Gasteiger partial charge in [-0.15, -0.1) is 0 Å². The number of rotatable bonds is 3. The van der Waals surface area contributed by atoms with Crippen molar-refractivity contribution in [2.24, 2.45) is 5.92 Å². The van der Waals surface area contributed by atoms with E-state index in [-0.39, 0.29) is 6.09 Å². The lowest BCUT2D eigenvalue weighted by Crippen LogP contribution is -2.53. The third-order valence-corrected chi connectivity index (χ3v) is 4.35. The fraction of sp³-hybridized carbons (Fsp3) is 0.562. The third-order valence-electron chi connectivity index (χ3n) is 4.35. The summed E-state index contributed by atoms with van der Waals surface area (Å²) < 4.78 is 5.41. The Morgan fingerprint density at radius 3 is 2.80 bits per heavy atom. The number of piperidine rings is 1. The first-order valence-electron chi connectivity index (χ1n) is 7.52. The molecule has 2 aliphatic heterocycles. The number of benzene rings is 1. The Morgan fingerprint density at radius 2 is 2.10 bits per heavy atom. The van der Waals surface area contributed by atoms with Crippen molar-refractivity contribution >= 4 is 6.09 Å². The van der Waals surface area contributed by atoms with Crippen LogP contribution in [0.25, 0.3) is 0 Å². The number of hydrogen-bond donors (Lipinski definition) is 1. The van der Waals surface area contributed by atoms with Crippen molar-refractivity contribution in [1.29, 1.82) is 0 Å². The van der Waals surface area contributed by atoms with Crippen LogP contribution in [0.3, 0.4) is 0 Å². The van der Waals surface area contributed by atoms with Crippen molar-refractivity contribution < 1.29 is 9.53 Å². The SMILES string of the molecule is O=C(OCc1ccccc1)N1CCCC(C2CCN2)C1. The van der Waals surface area contributed by atoms with Crippen LogP contribution in [0.5, 0.6) is 0 Å². The van der Waals surface area contributed by atoms with Gasteiger partial charge in [0, 0.05) is 19.1 Å². The fourth-order valence-corrected chi connectivity index (χ4v) is 3.03. The maximum absolute atomic E-state index is 12.1. The summed E-state index contributed by atoms with van der Waals surface area (Å²) in [6.45, 7) is 3.16. The second-order valence-electron chi connectivity index (χ2n) is 5.74. The van der Waals surface area contributed by atoms with Gasteiger partial charge in [0.25, 0.3) is 0 Å². The van der Waals surface area contributed by atoms with Crippen LogP contribution in [-0.4, -0.2) is 36.7 Å². The zero-order valence-corrected chi connectivity index (χ0v) is 11.8. The average Bonchev–Trinajstić information content (AvgIpc) is 2.44. The second kappa shape index (κ2) is 6.27. The Kier molecular flexibility index (Phi) is 4.21. The van der Waals surface area contributed by atoms with Gasteiger partial charge in [-0.3, -0.25) is 0 Å². The smallest absolute Gasteiger partial charge is 0.410 e. The van der Waals surface area contributed by atoms with E-state index in [9.17, 15) is 4.79 Å². The van der Waals surface area contributed by atoms with Crippen LogP contribution in [0, 0.1) is 5.92 Å². The second-order valence-corrected chi connectivity index (χ2v) is 5.74. The van der Waals surface area contributed by atoms with Gasteiger partial charge in [-0.25, -0.2) is 4.79 Å². The quantitative estimate of drug-likeness (QED) is 0.920. The highest BCUT2D eigenvalue weighted by Gasteiger charge is 2.32. The van der Waals surface area contributed by atoms with Gasteiger partial charge in [-0.1, -0.05) is 30.3 Å². The lowest BCUT2D eigenvalue weighted by molar-refractivity contribution is 0.0679. The van der Waals surface area contributed by atoms with Crippen LogP contribution in [-0.2, 0) is 11.3 Å². The molecule has 1 aromatic carbocycles. The molecule has 0 radical (unpaired) electrons. The van der Waals surface area contributed by atoms with Gasteiger partial charge in [-0.2, -0.15) is 0 Å². The van der Waals surface area contributed by atoms with Crippen LogP contribution in [0.1, 0.15) is 24.8 Å². The number of carbonyl (C=O) groups excluding carboxylic acids is 1. The van der Waals surface area contributed by atoms with E-state index < -0.39 is 0 Å². The summed E-state index contributed by atoms with van der Waals surface area (Å²) in [5.74, 6) is 0.599. The monoisotopic (exact) mass is 274 g/mol. The molecule has 2 unspecified atom stereocenters. The minimum Gasteiger partial charge on any atom is -0.445 e. The molecule has 1 N–H and O–H groups in total. The Labute approximate surface area is 120 Å². The molecule has 20 heavy (non-hydrogen) atoms. The minimum absolute atomic E-state index is 0.169. The zero-order chi connectivity index (χ0) is 13.8. The van der Waals surface area contributed by atoms with Crippen molar-refractivity contribution in [1.82, 2.24) is 10.2 Å². The Hall–Kier alpha value is -1.55. The molecule has 0 aromatic heterocycles. The first-order valence-corrected chi connectivity index (χ1v) is 7.52. The van der Waals surface area contributed by atoms with E-state index >= 15 is 0 Å². The maximum Gasteiger partial charge on any atom is 0.410 e. The van der Waals surface area contributed by atoms with Gasteiger partial charge in [0.1, 0.15) is 6.61 Å². The van der Waals surface area contributed by atoms with Crippen LogP contribution >= 0.6 is 0 Å². The van der Waals surface area contributed by atoms with Gasteiger partial charge in [-0.05, 0) is 37.3 Å². The van der Waals surface area contributed by atoms with Crippen LogP contribution < -0.4 is 5.32 Å². The van der Waals surface area contributed by atoms with E-state index in [1.807, 2.05) is 35.2 Å². The van der Waals surface area contributed by atoms with Gasteiger partial charge >= 0.3 is 6.09 Å². The van der Waals surface area contributed by atoms with Crippen molar-refractivity contribution in [3.05, 3.63) is 35.9 Å². The molecule has 0 bridgehead atoms. The van der Waals surface area contributed by atoms with Gasteiger partial charge in [0.15, 0.2) is 0 Å². The van der Waals surface area contributed by atoms with E-state index in [1.165, 1.54) is 12.8 Å². The molecule has 2 atom stereocenters. The standard InChI is InChI=1S/C16H22N2O2/c19-16(20-12-13-5-2-1-3-6-13)18-10-4-7-14(11-18)15-8-9-17-15/h1-3,5-6,14-15,17H,4,7-12H2. The molecule has 0 aliphatic carbocycles. The summed E-state index contributed by atoms with van der Waals surface area (Å²) >= 11 is 0. The highest BCUT2D eigenvalue weighted by Crippen LogP contribution is 2.25. The lowest BCUT2D eigenvalue weighted by atomic mass is 9.85. The van der Waals surface area contributed by atoms with Gasteiger partial charge in [0.2, 0.25) is 0 Å². The summed E-state index contributed by atoms with van der Waals surface area (Å²) in [5, 5.41) is 3.45. The number of likely N-dealkylation sites (tertiary alicyclic amines) is 1. The van der Waals surface area contributed by atoms with E-state index in [0.29, 0.717) is 18.6 Å². The summed E-state index contributed by atoms with van der Waals surface area (Å²) in [4.78, 5) is 14.0. The van der Waals surface area contributed by atoms with E-state index in [0.717, 1.165) is 31.6 Å². The summed E-state index contributed by atoms with van der Waals surface area (Å²) in [6, 6.07) is 10.5. The van der Waals surface area contributed by atoms with Crippen LogP contribution in [0.15, 0.2) is 30.3 Å². The fourth-order valence-electron chi connectivity index (χ4n) is 3.03. The van der Waals surface area contributed by atoms with Crippen molar-refractivity contribution in [2.45, 2.75) is 31.9 Å². The molecule has 1 aromatic rings. The number of ether oxygens (including phenoxy) is 1. The predicted octanol–water partition coefficient (Wildman–Crippen LogP) is 2.40. The first kappa shape index (κ1) is 13.4. The molecule has 0 saturated carbocycles. The number of nitrogens with zero attached hydrogens (tertiary/aromatic N) is 1. The number of nitrogens with one attached hydrogen (secondary N) is 1. The van der Waals surface area contributed by atoms with Crippen molar-refractivity contribution in [2.75, 3.05) is 19.6 Å². The molecule has 108 valence electrons. The maximum atomic E-state index is 12.1. The van der Waals surface area contributed by atoms with E-state index in [4.69, 9.17) is 4.74 Å². The van der Waals surface area contributed by atoms with Crippen LogP contribution in [0.4, 0.5) is 4.79 Å². The molecular formula is C16H22N2O2. The number of carbonyl (C=O) groups is 1. The van der Waals surface area contributed by atoms with Gasteiger partial charge in [0.05, 0.1) is 0 Å². The molecule has 2 heterocycles. The Morgan fingerprint density at radius 1 is 1.30 bits per heavy atom. The van der Waals surface area contributed by atoms with Crippen LogP contribution in [0.2, 0.25) is 0 Å². The molecule has 3 rings (SSSR count). The van der Waals surface area contributed by atoms with E-state index in [2.05, 4.69) is 5.32 Å². The average molecular weight is 274 g/mol. The predicted molar refractivity (Wildman–Crippen MR) is 77.3 cm³/mol. The van der Waals surface area contributed by atoms with Gasteiger partial charge < -0.3 is 15.0 Å². The highest BCUT2D eigenvalue weighted by atomic mass is 16.6. The molecule has 1 amide bonds. The number of hydrogen-bond acceptors (Lipinski definition) is 3. The summed E-state index contributed by atoms with van der Waals surface area (Å²) in [5.41, 5.74) is 1.04. The largest absolute Gasteiger partial charge is 0.445 e. The Bertz CT molecular complexity index is 445. The molecule has 4 heteroatoms. The molecule has 2 aliphatic rings. The summed E-state index contributed by atoms with van der Waals surface area (Å²) in [7, 11) is 0. The molecule has 2 saturated heterocycles. The van der Waals surface area contributed by atoms with Crippen molar-refractivity contribution in [3.8, 4) is 0 Å². The van der Waals surface area contributed by atoms with Crippen molar-refractivity contribution in [3.63, 3.8) is 0 Å². The highest BCUT2D eigenvalue weighted by molar-refractivity contribution is 5.67. The zero-order valence-electron chi connectivity index (χ0n) is 11.8. The normalized spacial score (nSPS) is 25.9. The molecule has 2 fully saturated rings. The molecule has 4 nitrogen and oxygen atoms in total. The molecular weight excluding hydrogens is 252 g/mol. The Balaban J connectivity index is 1.49. The lowest BCUT2D eigenvalue weighted by Gasteiger charge is -2.40.